The van der Waals surface area contributed by atoms with Crippen LogP contribution in [0.25, 0.3) is 0 Å². The first kappa shape index (κ1) is 15.4. The molecule has 0 heterocycles. The molecule has 2 atom stereocenters. The molecule has 1 saturated carbocycles. The van der Waals surface area contributed by atoms with E-state index in [-0.39, 0.29) is 11.3 Å². The van der Waals surface area contributed by atoms with E-state index in [1.54, 1.807) is 0 Å². The fraction of sp³-hybridized carbons (Fsp3) is 0.625. The van der Waals surface area contributed by atoms with Crippen molar-refractivity contribution in [3.05, 3.63) is 35.4 Å². The highest BCUT2D eigenvalue weighted by molar-refractivity contribution is 5.31. The maximum atomic E-state index is 12.2. The van der Waals surface area contributed by atoms with Crippen molar-refractivity contribution in [2.45, 2.75) is 63.8 Å². The van der Waals surface area contributed by atoms with Crippen molar-refractivity contribution < 1.29 is 17.9 Å². The molecule has 1 aromatic carbocycles. The van der Waals surface area contributed by atoms with E-state index in [1.807, 2.05) is 12.1 Å². The van der Waals surface area contributed by atoms with Crippen LogP contribution in [-0.2, 0) is 10.2 Å². The van der Waals surface area contributed by atoms with Gasteiger partial charge in [-0.25, -0.2) is 0 Å². The van der Waals surface area contributed by atoms with Gasteiger partial charge in [0.15, 0.2) is 0 Å². The smallest absolute Gasteiger partial charge is 0.289 e. The summed E-state index contributed by atoms with van der Waals surface area (Å²) in [5.74, 6) is 0.171. The second-order valence-corrected chi connectivity index (χ2v) is 6.57. The van der Waals surface area contributed by atoms with E-state index < -0.39 is 12.5 Å². The molecule has 0 aliphatic heterocycles. The third-order valence-electron chi connectivity index (χ3n) is 3.91. The van der Waals surface area contributed by atoms with E-state index in [2.05, 4.69) is 37.6 Å². The highest BCUT2D eigenvalue weighted by atomic mass is 19.4. The molecule has 0 radical (unpaired) electrons. The molecular formula is C16H21F3O. The fourth-order valence-electron chi connectivity index (χ4n) is 2.80. The Hall–Kier alpha value is -1.03. The van der Waals surface area contributed by atoms with Gasteiger partial charge in [0.1, 0.15) is 0 Å². The summed E-state index contributed by atoms with van der Waals surface area (Å²) in [6, 6.07) is 8.20. The number of hydrogen-bond acceptors (Lipinski definition) is 1. The zero-order valence-corrected chi connectivity index (χ0v) is 12.1. The average molecular weight is 286 g/mol. The van der Waals surface area contributed by atoms with Crippen LogP contribution in [0, 0.1) is 0 Å². The van der Waals surface area contributed by atoms with Gasteiger partial charge in [-0.1, -0.05) is 45.0 Å². The first-order valence-electron chi connectivity index (χ1n) is 7.00. The lowest BCUT2D eigenvalue weighted by molar-refractivity contribution is -0.341. The Bertz CT molecular complexity index is 460. The van der Waals surface area contributed by atoms with E-state index in [9.17, 15) is 13.2 Å². The van der Waals surface area contributed by atoms with Gasteiger partial charge >= 0.3 is 6.36 Å². The minimum atomic E-state index is -4.52. The lowest BCUT2D eigenvalue weighted by Gasteiger charge is -2.21. The van der Waals surface area contributed by atoms with Crippen molar-refractivity contribution in [3.8, 4) is 0 Å². The highest BCUT2D eigenvalue weighted by Gasteiger charge is 2.37. The number of ether oxygens (including phenoxy) is 1. The molecule has 2 rings (SSSR count). The normalized spacial score (nSPS) is 24.1. The van der Waals surface area contributed by atoms with Gasteiger partial charge in [-0.05, 0) is 41.7 Å². The molecule has 4 heteroatoms. The van der Waals surface area contributed by atoms with Crippen molar-refractivity contribution in [2.24, 2.45) is 0 Å². The third kappa shape index (κ3) is 3.98. The number of rotatable bonds is 2. The summed E-state index contributed by atoms with van der Waals surface area (Å²) in [6.45, 7) is 6.41. The number of benzene rings is 1. The molecule has 1 aromatic rings. The molecule has 1 fully saturated rings. The summed E-state index contributed by atoms with van der Waals surface area (Å²) in [5, 5.41) is 0. The minimum absolute atomic E-state index is 0.0521. The lowest BCUT2D eigenvalue weighted by atomic mass is 9.84. The molecule has 1 nitrogen and oxygen atoms in total. The molecule has 1 aliphatic carbocycles. The zero-order chi connectivity index (χ0) is 15.0. The van der Waals surface area contributed by atoms with E-state index in [0.29, 0.717) is 12.8 Å². The van der Waals surface area contributed by atoms with Gasteiger partial charge in [0, 0.05) is 0 Å². The van der Waals surface area contributed by atoms with Crippen LogP contribution in [0.1, 0.15) is 57.1 Å². The molecule has 0 N–H and O–H groups in total. The summed E-state index contributed by atoms with van der Waals surface area (Å²) in [6.07, 6.45) is -3.53. The molecule has 0 spiro atoms. The third-order valence-corrected chi connectivity index (χ3v) is 3.91. The summed E-state index contributed by atoms with van der Waals surface area (Å²) in [5.41, 5.74) is 2.40. The topological polar surface area (TPSA) is 9.23 Å². The van der Waals surface area contributed by atoms with Crippen LogP contribution >= 0.6 is 0 Å². The van der Waals surface area contributed by atoms with Gasteiger partial charge < -0.3 is 0 Å². The van der Waals surface area contributed by atoms with E-state index in [1.165, 1.54) is 5.56 Å². The van der Waals surface area contributed by atoms with Gasteiger partial charge in [0.05, 0.1) is 6.10 Å². The molecule has 0 amide bonds. The first-order valence-corrected chi connectivity index (χ1v) is 7.00. The Labute approximate surface area is 118 Å². The summed E-state index contributed by atoms with van der Waals surface area (Å²) < 4.78 is 40.9. The van der Waals surface area contributed by atoms with Crippen LogP contribution in [0.5, 0.6) is 0 Å². The molecule has 1 aliphatic rings. The number of halogens is 3. The van der Waals surface area contributed by atoms with Crippen molar-refractivity contribution >= 4 is 0 Å². The number of alkyl halides is 3. The van der Waals surface area contributed by atoms with Gasteiger partial charge in [0.25, 0.3) is 0 Å². The van der Waals surface area contributed by atoms with Gasteiger partial charge in [-0.15, -0.1) is 13.2 Å². The van der Waals surface area contributed by atoms with Crippen LogP contribution < -0.4 is 0 Å². The molecular weight excluding hydrogens is 265 g/mol. The van der Waals surface area contributed by atoms with E-state index in [0.717, 1.165) is 12.0 Å². The Balaban J connectivity index is 2.07. The van der Waals surface area contributed by atoms with Crippen LogP contribution in [0.3, 0.4) is 0 Å². The fourth-order valence-corrected chi connectivity index (χ4v) is 2.80. The van der Waals surface area contributed by atoms with E-state index >= 15 is 0 Å². The average Bonchev–Trinajstić information content (AvgIpc) is 2.74. The molecule has 0 aromatic heterocycles. The molecule has 0 bridgehead atoms. The Kier molecular flexibility index (Phi) is 4.14. The van der Waals surface area contributed by atoms with Gasteiger partial charge in [-0.2, -0.15) is 0 Å². The summed E-state index contributed by atoms with van der Waals surface area (Å²) in [7, 11) is 0. The quantitative estimate of drug-likeness (QED) is 0.730. The van der Waals surface area contributed by atoms with E-state index in [4.69, 9.17) is 0 Å². The van der Waals surface area contributed by atoms with Crippen LogP contribution in [0.15, 0.2) is 24.3 Å². The number of hydrogen-bond donors (Lipinski definition) is 0. The highest BCUT2D eigenvalue weighted by Crippen LogP contribution is 2.39. The Morgan fingerprint density at radius 1 is 1.10 bits per heavy atom. The zero-order valence-electron chi connectivity index (χ0n) is 12.1. The SMILES string of the molecule is CC(C)(C)c1cccc([C@@H]2CC[C@@H](OC(F)(F)F)C2)c1. The Morgan fingerprint density at radius 2 is 1.80 bits per heavy atom. The second-order valence-electron chi connectivity index (χ2n) is 6.57. The second kappa shape index (κ2) is 5.40. The van der Waals surface area contributed by atoms with Crippen molar-refractivity contribution in [2.75, 3.05) is 0 Å². The molecule has 0 unspecified atom stereocenters. The maximum absolute atomic E-state index is 12.2. The minimum Gasteiger partial charge on any atom is -0.289 e. The summed E-state index contributed by atoms with van der Waals surface area (Å²) >= 11 is 0. The molecule has 0 saturated heterocycles. The monoisotopic (exact) mass is 286 g/mol. The van der Waals surface area contributed by atoms with Crippen molar-refractivity contribution in [1.29, 1.82) is 0 Å². The lowest BCUT2D eigenvalue weighted by Crippen LogP contribution is -2.21. The molecule has 20 heavy (non-hydrogen) atoms. The van der Waals surface area contributed by atoms with Crippen molar-refractivity contribution in [3.63, 3.8) is 0 Å². The van der Waals surface area contributed by atoms with Crippen LogP contribution in [0.2, 0.25) is 0 Å². The van der Waals surface area contributed by atoms with Crippen LogP contribution in [-0.4, -0.2) is 12.5 Å². The first-order chi connectivity index (χ1) is 9.15. The van der Waals surface area contributed by atoms with Gasteiger partial charge in [-0.3, -0.25) is 4.74 Å². The standard InChI is InChI=1S/C16H21F3O/c1-15(2,3)13-6-4-5-11(9-13)12-7-8-14(10-12)20-16(17,18)19/h4-6,9,12,14H,7-8,10H2,1-3H3/t12-,14-/m1/s1. The maximum Gasteiger partial charge on any atom is 0.522 e. The predicted molar refractivity (Wildman–Crippen MR) is 72.7 cm³/mol. The predicted octanol–water partition coefficient (Wildman–Crippen LogP) is 5.16. The Morgan fingerprint density at radius 3 is 2.40 bits per heavy atom. The van der Waals surface area contributed by atoms with Crippen molar-refractivity contribution in [1.82, 2.24) is 0 Å². The summed E-state index contributed by atoms with van der Waals surface area (Å²) in [4.78, 5) is 0. The van der Waals surface area contributed by atoms with Gasteiger partial charge in [0.2, 0.25) is 0 Å². The van der Waals surface area contributed by atoms with Crippen LogP contribution in [0.4, 0.5) is 13.2 Å². The molecule has 112 valence electrons. The largest absolute Gasteiger partial charge is 0.522 e.